The van der Waals surface area contributed by atoms with Gasteiger partial charge in [0.05, 0.1) is 5.88 Å². The van der Waals surface area contributed by atoms with Crippen LogP contribution in [-0.4, -0.2) is 25.6 Å². The van der Waals surface area contributed by atoms with Gasteiger partial charge in [-0.2, -0.15) is 0 Å². The van der Waals surface area contributed by atoms with E-state index in [1.54, 1.807) is 24.0 Å². The maximum atomic E-state index is 13.4. The van der Waals surface area contributed by atoms with Gasteiger partial charge >= 0.3 is 0 Å². The van der Waals surface area contributed by atoms with E-state index in [4.69, 9.17) is 0 Å². The van der Waals surface area contributed by atoms with Crippen LogP contribution in [0.4, 0.5) is 10.2 Å². The minimum Gasteiger partial charge on any atom is -0.329 e. The second-order valence-electron chi connectivity index (χ2n) is 4.89. The Labute approximate surface area is 130 Å². The van der Waals surface area contributed by atoms with Gasteiger partial charge in [0.15, 0.2) is 11.0 Å². The van der Waals surface area contributed by atoms with Crippen molar-refractivity contribution in [2.24, 2.45) is 0 Å². The molecule has 0 unspecified atom stereocenters. The highest BCUT2D eigenvalue weighted by Gasteiger charge is 2.23. The summed E-state index contributed by atoms with van der Waals surface area (Å²) in [6.07, 6.45) is 1.77. The van der Waals surface area contributed by atoms with Crippen molar-refractivity contribution in [1.29, 1.82) is 0 Å². The first-order valence-corrected chi connectivity index (χ1v) is 7.78. The van der Waals surface area contributed by atoms with E-state index in [0.717, 1.165) is 22.4 Å². The molecular formula is C15H12FN5S. The largest absolute Gasteiger partial charge is 0.329 e. The van der Waals surface area contributed by atoms with Crippen LogP contribution in [0.2, 0.25) is 0 Å². The molecular weight excluding hydrogens is 301 g/mol. The Hall–Kier alpha value is -2.41. The van der Waals surface area contributed by atoms with Crippen LogP contribution in [0.5, 0.6) is 0 Å². The van der Waals surface area contributed by atoms with Crippen molar-refractivity contribution in [1.82, 2.24) is 19.7 Å². The molecule has 0 saturated carbocycles. The molecule has 22 heavy (non-hydrogen) atoms. The molecule has 4 rings (SSSR count). The van der Waals surface area contributed by atoms with Gasteiger partial charge in [-0.25, -0.2) is 9.37 Å². The van der Waals surface area contributed by atoms with Crippen molar-refractivity contribution in [3.63, 3.8) is 0 Å². The third kappa shape index (κ3) is 2.33. The number of hydrogen-bond donors (Lipinski definition) is 0. The topological polar surface area (TPSA) is 46.8 Å². The molecule has 0 N–H and O–H groups in total. The van der Waals surface area contributed by atoms with E-state index < -0.39 is 0 Å². The molecule has 0 amide bonds. The Morgan fingerprint density at radius 1 is 1.09 bits per heavy atom. The summed E-state index contributed by atoms with van der Waals surface area (Å²) in [5.41, 5.74) is 0.724. The number of benzene rings is 1. The Balaban J connectivity index is 1.71. The van der Waals surface area contributed by atoms with Crippen molar-refractivity contribution >= 4 is 17.6 Å². The second kappa shape index (κ2) is 5.42. The first-order chi connectivity index (χ1) is 10.8. The van der Waals surface area contributed by atoms with Gasteiger partial charge in [-0.1, -0.05) is 30.0 Å². The van der Waals surface area contributed by atoms with Gasteiger partial charge in [0.2, 0.25) is 0 Å². The molecule has 0 aliphatic carbocycles. The first kappa shape index (κ1) is 13.3. The lowest BCUT2D eigenvalue weighted by molar-refractivity contribution is 0.602. The Morgan fingerprint density at radius 3 is 2.86 bits per heavy atom. The van der Waals surface area contributed by atoms with E-state index in [9.17, 15) is 4.39 Å². The average Bonchev–Trinajstić information content (AvgIpc) is 2.99. The van der Waals surface area contributed by atoms with Crippen LogP contribution in [0.3, 0.4) is 0 Å². The summed E-state index contributed by atoms with van der Waals surface area (Å²) in [5, 5.41) is 9.25. The van der Waals surface area contributed by atoms with Crippen LogP contribution in [-0.2, 0) is 6.67 Å². The van der Waals surface area contributed by atoms with Crippen molar-refractivity contribution in [2.75, 3.05) is 10.8 Å². The monoisotopic (exact) mass is 313 g/mol. The molecule has 0 fully saturated rings. The number of nitrogens with zero attached hydrogens (tertiary/aromatic N) is 5. The fourth-order valence-corrected chi connectivity index (χ4v) is 3.27. The van der Waals surface area contributed by atoms with E-state index >= 15 is 0 Å². The van der Waals surface area contributed by atoms with Crippen LogP contribution in [0.25, 0.3) is 11.4 Å². The second-order valence-corrected chi connectivity index (χ2v) is 5.80. The van der Waals surface area contributed by atoms with Crippen LogP contribution in [0.1, 0.15) is 0 Å². The zero-order valence-corrected chi connectivity index (χ0v) is 12.4. The summed E-state index contributed by atoms with van der Waals surface area (Å²) in [5.74, 6) is 2.06. The molecule has 110 valence electrons. The minimum absolute atomic E-state index is 0.278. The van der Waals surface area contributed by atoms with Gasteiger partial charge in [-0.15, -0.1) is 10.2 Å². The lowest BCUT2D eigenvalue weighted by Crippen LogP contribution is -2.31. The number of rotatable bonds is 2. The number of hydrogen-bond acceptors (Lipinski definition) is 5. The first-order valence-electron chi connectivity index (χ1n) is 6.79. The average molecular weight is 313 g/mol. The summed E-state index contributed by atoms with van der Waals surface area (Å²) in [6, 6.07) is 12.2. The molecule has 7 heteroatoms. The SMILES string of the molecule is Fc1cccc(-c2nnc3n2CN(c2ccccn2)CS3)c1. The van der Waals surface area contributed by atoms with Crippen molar-refractivity contribution in [3.8, 4) is 11.4 Å². The quantitative estimate of drug-likeness (QED) is 0.728. The molecule has 0 saturated heterocycles. The van der Waals surface area contributed by atoms with Gasteiger partial charge in [0.1, 0.15) is 18.3 Å². The normalized spacial score (nSPS) is 14.0. The summed E-state index contributed by atoms with van der Waals surface area (Å²) >= 11 is 1.59. The van der Waals surface area contributed by atoms with E-state index in [0.29, 0.717) is 12.5 Å². The molecule has 0 spiro atoms. The predicted octanol–water partition coefficient (Wildman–Crippen LogP) is 3.01. The zero-order chi connectivity index (χ0) is 14.9. The standard InChI is InChI=1S/C15H12FN5S/c16-12-5-3-4-11(8-12)14-18-19-15-21(14)9-20(10-22-15)13-6-1-2-7-17-13/h1-8H,9-10H2. The van der Waals surface area contributed by atoms with E-state index in [1.165, 1.54) is 12.1 Å². The van der Waals surface area contributed by atoms with Gasteiger partial charge in [0, 0.05) is 11.8 Å². The summed E-state index contributed by atoms with van der Waals surface area (Å²) in [6.45, 7) is 0.595. The number of anilines is 1. The van der Waals surface area contributed by atoms with Crippen LogP contribution >= 0.6 is 11.8 Å². The smallest absolute Gasteiger partial charge is 0.194 e. The molecule has 1 aliphatic heterocycles. The summed E-state index contributed by atoms with van der Waals surface area (Å²) in [7, 11) is 0. The number of thioether (sulfide) groups is 1. The van der Waals surface area contributed by atoms with Crippen LogP contribution < -0.4 is 4.90 Å². The number of aromatic nitrogens is 4. The molecule has 1 aromatic carbocycles. The predicted molar refractivity (Wildman–Crippen MR) is 82.9 cm³/mol. The highest BCUT2D eigenvalue weighted by Crippen LogP contribution is 2.30. The Bertz CT molecular complexity index is 805. The van der Waals surface area contributed by atoms with Crippen molar-refractivity contribution < 1.29 is 4.39 Å². The molecule has 0 bridgehead atoms. The summed E-state index contributed by atoms with van der Waals surface area (Å²) < 4.78 is 15.4. The third-order valence-corrected chi connectivity index (χ3v) is 4.44. The molecule has 3 aromatic rings. The van der Waals surface area contributed by atoms with Crippen LogP contribution in [0, 0.1) is 5.82 Å². The number of halogens is 1. The highest BCUT2D eigenvalue weighted by atomic mass is 32.2. The Morgan fingerprint density at radius 2 is 2.05 bits per heavy atom. The zero-order valence-electron chi connectivity index (χ0n) is 11.6. The fraction of sp³-hybridized carbons (Fsp3) is 0.133. The van der Waals surface area contributed by atoms with Gasteiger partial charge in [-0.05, 0) is 24.3 Å². The molecule has 5 nitrogen and oxygen atoms in total. The van der Waals surface area contributed by atoms with E-state index in [1.807, 2.05) is 28.8 Å². The van der Waals surface area contributed by atoms with Crippen molar-refractivity contribution in [2.45, 2.75) is 11.8 Å². The summed E-state index contributed by atoms with van der Waals surface area (Å²) in [4.78, 5) is 6.50. The lowest BCUT2D eigenvalue weighted by Gasteiger charge is -2.28. The number of fused-ring (bicyclic) bond motifs is 1. The molecule has 1 aliphatic rings. The Kier molecular flexibility index (Phi) is 3.27. The molecule has 0 radical (unpaired) electrons. The van der Waals surface area contributed by atoms with Gasteiger partial charge in [0.25, 0.3) is 0 Å². The lowest BCUT2D eigenvalue weighted by atomic mass is 10.2. The highest BCUT2D eigenvalue weighted by molar-refractivity contribution is 7.99. The van der Waals surface area contributed by atoms with Crippen molar-refractivity contribution in [3.05, 3.63) is 54.5 Å². The van der Waals surface area contributed by atoms with Gasteiger partial charge < -0.3 is 4.90 Å². The minimum atomic E-state index is -0.278. The van der Waals surface area contributed by atoms with E-state index in [-0.39, 0.29) is 5.82 Å². The third-order valence-electron chi connectivity index (χ3n) is 3.43. The molecule has 3 heterocycles. The van der Waals surface area contributed by atoms with Crippen LogP contribution in [0.15, 0.2) is 53.8 Å². The van der Waals surface area contributed by atoms with Gasteiger partial charge in [-0.3, -0.25) is 4.57 Å². The van der Waals surface area contributed by atoms with E-state index in [2.05, 4.69) is 20.1 Å². The maximum absolute atomic E-state index is 13.4. The molecule has 2 aromatic heterocycles. The molecule has 0 atom stereocenters. The maximum Gasteiger partial charge on any atom is 0.194 e. The fourth-order valence-electron chi connectivity index (χ4n) is 2.39. The number of pyridine rings is 1.